The van der Waals surface area contributed by atoms with Crippen LogP contribution in [0.2, 0.25) is 0 Å². The first-order valence-electron chi connectivity index (χ1n) is 8.69. The van der Waals surface area contributed by atoms with Crippen LogP contribution in [-0.4, -0.2) is 59.0 Å². The third-order valence-corrected chi connectivity index (χ3v) is 5.65. The molecule has 0 unspecified atom stereocenters. The lowest BCUT2D eigenvalue weighted by atomic mass is 9.89. The third kappa shape index (κ3) is 3.79. The van der Waals surface area contributed by atoms with Crippen molar-refractivity contribution in [1.82, 2.24) is 19.4 Å². The van der Waals surface area contributed by atoms with E-state index in [2.05, 4.69) is 29.1 Å². The topological polar surface area (TPSA) is 50.6 Å². The van der Waals surface area contributed by atoms with Crippen LogP contribution in [0.1, 0.15) is 22.2 Å². The molecule has 27 heavy (non-hydrogen) atoms. The molecule has 2 aromatic rings. The van der Waals surface area contributed by atoms with E-state index >= 15 is 0 Å². The lowest BCUT2D eigenvalue weighted by Crippen LogP contribution is -2.34. The van der Waals surface area contributed by atoms with Gasteiger partial charge in [0, 0.05) is 51.0 Å². The number of imidazole rings is 1. The first-order chi connectivity index (χ1) is 12.1. The Labute approximate surface area is 172 Å². The van der Waals surface area contributed by atoms with Crippen LogP contribution in [0.25, 0.3) is 0 Å². The number of fused-ring (bicyclic) bond motifs is 1. The number of likely N-dealkylation sites (tertiary alicyclic amines) is 2. The Kier molecular flexibility index (Phi) is 6.78. The summed E-state index contributed by atoms with van der Waals surface area (Å²) in [6.07, 6.45) is 3.50. The minimum Gasteiger partial charge on any atom is -0.497 e. The SMILES string of the molecule is COc1ccc([C@H]2[C@@H]3CN(C(=O)c4nccn4C)C[C@@H]3CN2C)cc1.Cl.Cl. The number of aryl methyl sites for hydroxylation is 1. The molecule has 8 heteroatoms. The van der Waals surface area contributed by atoms with Gasteiger partial charge in [-0.15, -0.1) is 24.8 Å². The number of hydrogen-bond donors (Lipinski definition) is 0. The van der Waals surface area contributed by atoms with Crippen molar-refractivity contribution in [3.8, 4) is 5.75 Å². The van der Waals surface area contributed by atoms with Crippen LogP contribution in [0, 0.1) is 11.8 Å². The van der Waals surface area contributed by atoms with Gasteiger partial charge in [-0.25, -0.2) is 4.98 Å². The summed E-state index contributed by atoms with van der Waals surface area (Å²) in [7, 11) is 5.73. The van der Waals surface area contributed by atoms with E-state index in [4.69, 9.17) is 4.74 Å². The fraction of sp³-hybridized carbons (Fsp3) is 0.474. The number of carbonyl (C=O) groups is 1. The average molecular weight is 413 g/mol. The van der Waals surface area contributed by atoms with Crippen molar-refractivity contribution in [3.05, 3.63) is 48.0 Å². The van der Waals surface area contributed by atoms with Gasteiger partial charge in [-0.2, -0.15) is 0 Å². The molecule has 2 fully saturated rings. The summed E-state index contributed by atoms with van der Waals surface area (Å²) >= 11 is 0. The number of rotatable bonds is 3. The maximum Gasteiger partial charge on any atom is 0.289 e. The van der Waals surface area contributed by atoms with Gasteiger partial charge in [0.1, 0.15) is 5.75 Å². The Morgan fingerprint density at radius 1 is 1.11 bits per heavy atom. The van der Waals surface area contributed by atoms with Gasteiger partial charge in [0.05, 0.1) is 7.11 Å². The summed E-state index contributed by atoms with van der Waals surface area (Å²) in [6.45, 7) is 2.62. The van der Waals surface area contributed by atoms with Crippen molar-refractivity contribution < 1.29 is 9.53 Å². The lowest BCUT2D eigenvalue weighted by molar-refractivity contribution is 0.0752. The van der Waals surface area contributed by atoms with Gasteiger partial charge in [-0.3, -0.25) is 9.69 Å². The minimum absolute atomic E-state index is 0. The van der Waals surface area contributed by atoms with Crippen molar-refractivity contribution in [2.75, 3.05) is 33.8 Å². The highest BCUT2D eigenvalue weighted by atomic mass is 35.5. The molecule has 2 aliphatic heterocycles. The molecule has 1 aromatic carbocycles. The second kappa shape index (κ2) is 8.50. The molecule has 3 atom stereocenters. The first kappa shape index (κ1) is 21.5. The van der Waals surface area contributed by atoms with E-state index in [1.165, 1.54) is 5.56 Å². The first-order valence-corrected chi connectivity index (χ1v) is 8.69. The Bertz CT molecular complexity index is 780. The second-order valence-corrected chi connectivity index (χ2v) is 7.15. The van der Waals surface area contributed by atoms with Crippen molar-refractivity contribution >= 4 is 30.7 Å². The van der Waals surface area contributed by atoms with Crippen LogP contribution in [0.5, 0.6) is 5.75 Å². The van der Waals surface area contributed by atoms with Gasteiger partial charge in [0.2, 0.25) is 0 Å². The van der Waals surface area contributed by atoms with Gasteiger partial charge in [-0.05, 0) is 30.7 Å². The predicted molar refractivity (Wildman–Crippen MR) is 109 cm³/mol. The summed E-state index contributed by atoms with van der Waals surface area (Å²) < 4.78 is 7.07. The molecule has 4 rings (SSSR count). The summed E-state index contributed by atoms with van der Waals surface area (Å²) in [5, 5.41) is 0. The molecule has 2 aliphatic rings. The molecule has 148 valence electrons. The van der Waals surface area contributed by atoms with Crippen LogP contribution in [0.15, 0.2) is 36.7 Å². The predicted octanol–water partition coefficient (Wildman–Crippen LogP) is 2.65. The molecule has 0 radical (unpaired) electrons. The quantitative estimate of drug-likeness (QED) is 0.777. The molecule has 3 heterocycles. The van der Waals surface area contributed by atoms with E-state index in [1.54, 1.807) is 17.9 Å². The Morgan fingerprint density at radius 2 is 1.81 bits per heavy atom. The molecule has 2 saturated heterocycles. The highest BCUT2D eigenvalue weighted by Gasteiger charge is 2.47. The zero-order chi connectivity index (χ0) is 17.6. The van der Waals surface area contributed by atoms with Crippen molar-refractivity contribution in [3.63, 3.8) is 0 Å². The third-order valence-electron chi connectivity index (χ3n) is 5.65. The molecular weight excluding hydrogens is 387 g/mol. The fourth-order valence-corrected chi connectivity index (χ4v) is 4.44. The monoisotopic (exact) mass is 412 g/mol. The number of ether oxygens (including phenoxy) is 1. The van der Waals surface area contributed by atoms with Crippen LogP contribution < -0.4 is 4.74 Å². The summed E-state index contributed by atoms with van der Waals surface area (Å²) in [5.41, 5.74) is 1.29. The van der Waals surface area contributed by atoms with Crippen LogP contribution in [0.3, 0.4) is 0 Å². The summed E-state index contributed by atoms with van der Waals surface area (Å²) in [6, 6.07) is 8.66. The number of aromatic nitrogens is 2. The number of methoxy groups -OCH3 is 1. The van der Waals surface area contributed by atoms with E-state index < -0.39 is 0 Å². The van der Waals surface area contributed by atoms with Crippen molar-refractivity contribution in [2.45, 2.75) is 6.04 Å². The van der Waals surface area contributed by atoms with E-state index in [0.717, 1.165) is 25.4 Å². The average Bonchev–Trinajstić information content (AvgIpc) is 3.28. The Balaban J connectivity index is 0.00000131. The number of halogens is 2. The van der Waals surface area contributed by atoms with E-state index in [0.29, 0.717) is 23.7 Å². The fourth-order valence-electron chi connectivity index (χ4n) is 4.44. The van der Waals surface area contributed by atoms with E-state index in [1.807, 2.05) is 30.3 Å². The maximum absolute atomic E-state index is 12.8. The van der Waals surface area contributed by atoms with Gasteiger partial charge in [0.25, 0.3) is 5.91 Å². The van der Waals surface area contributed by atoms with Crippen LogP contribution >= 0.6 is 24.8 Å². The summed E-state index contributed by atoms with van der Waals surface area (Å²) in [5.74, 6) is 2.41. The molecule has 0 N–H and O–H groups in total. The molecule has 6 nitrogen and oxygen atoms in total. The molecule has 1 amide bonds. The number of carbonyl (C=O) groups excluding carboxylic acids is 1. The maximum atomic E-state index is 12.8. The molecule has 0 bridgehead atoms. The van der Waals surface area contributed by atoms with Gasteiger partial charge in [0.15, 0.2) is 5.82 Å². The number of hydrogen-bond acceptors (Lipinski definition) is 4. The van der Waals surface area contributed by atoms with Gasteiger partial charge < -0.3 is 14.2 Å². The summed E-state index contributed by atoms with van der Waals surface area (Å²) in [4.78, 5) is 21.4. The van der Waals surface area contributed by atoms with Gasteiger partial charge in [-0.1, -0.05) is 12.1 Å². The van der Waals surface area contributed by atoms with E-state index in [-0.39, 0.29) is 30.7 Å². The highest BCUT2D eigenvalue weighted by Crippen LogP contribution is 2.44. The molecular formula is C19H26Cl2N4O2. The molecule has 1 aromatic heterocycles. The number of benzene rings is 1. The lowest BCUT2D eigenvalue weighted by Gasteiger charge is -2.27. The van der Waals surface area contributed by atoms with Gasteiger partial charge >= 0.3 is 0 Å². The minimum atomic E-state index is 0. The molecule has 0 saturated carbocycles. The van der Waals surface area contributed by atoms with Crippen molar-refractivity contribution in [2.24, 2.45) is 18.9 Å². The van der Waals surface area contributed by atoms with E-state index in [9.17, 15) is 4.79 Å². The number of nitrogens with zero attached hydrogens (tertiary/aromatic N) is 4. The van der Waals surface area contributed by atoms with Crippen LogP contribution in [-0.2, 0) is 7.05 Å². The molecule has 0 spiro atoms. The van der Waals surface area contributed by atoms with Crippen LogP contribution in [0.4, 0.5) is 0 Å². The second-order valence-electron chi connectivity index (χ2n) is 7.15. The normalized spacial score (nSPS) is 24.1. The molecule has 0 aliphatic carbocycles. The zero-order valence-electron chi connectivity index (χ0n) is 15.7. The highest BCUT2D eigenvalue weighted by molar-refractivity contribution is 5.91. The number of amides is 1. The van der Waals surface area contributed by atoms with Crippen molar-refractivity contribution in [1.29, 1.82) is 0 Å². The largest absolute Gasteiger partial charge is 0.497 e. The Hall–Kier alpha value is -1.76. The Morgan fingerprint density at radius 3 is 2.41 bits per heavy atom. The standard InChI is InChI=1S/C19H24N4O2.2ClH/c1-21-9-8-20-18(21)19(24)23-11-14-10-22(2)17(16(14)12-23)13-4-6-15(25-3)7-5-13;;/h4-9,14,16-17H,10-12H2,1-3H3;2*1H/t14-,16+,17-;;/m0../s1. The smallest absolute Gasteiger partial charge is 0.289 e. The zero-order valence-corrected chi connectivity index (χ0v) is 17.4.